The lowest BCUT2D eigenvalue weighted by Crippen LogP contribution is -2.14. The molecule has 2 aromatic heterocycles. The number of fused-ring (bicyclic) bond motifs is 1. The van der Waals surface area contributed by atoms with E-state index in [1.165, 1.54) is 6.07 Å². The summed E-state index contributed by atoms with van der Waals surface area (Å²) in [6.45, 7) is 1.45. The fourth-order valence-electron chi connectivity index (χ4n) is 1.90. The standard InChI is InChI=1S/C14H9F2N3O3S/c1-7-2-12(20)19-14(17-7)23-11(18-19)6-22-13(21)8-3-9(15)5-10(16)4-8/h2-5H,6H2,1H3. The number of benzene rings is 1. The van der Waals surface area contributed by atoms with Gasteiger partial charge in [-0.05, 0) is 19.1 Å². The number of hydrogen-bond donors (Lipinski definition) is 0. The Labute approximate surface area is 132 Å². The van der Waals surface area contributed by atoms with Crippen molar-refractivity contribution < 1.29 is 18.3 Å². The predicted octanol–water partition coefficient (Wildman–Crippen LogP) is 2.09. The zero-order valence-electron chi connectivity index (χ0n) is 11.7. The topological polar surface area (TPSA) is 73.6 Å². The molecule has 0 unspecified atom stereocenters. The zero-order chi connectivity index (χ0) is 16.6. The van der Waals surface area contributed by atoms with Crippen LogP contribution in [0.25, 0.3) is 4.96 Å². The summed E-state index contributed by atoms with van der Waals surface area (Å²) in [5, 5.41) is 4.33. The highest BCUT2D eigenvalue weighted by molar-refractivity contribution is 7.16. The summed E-state index contributed by atoms with van der Waals surface area (Å²) in [4.78, 5) is 28.0. The van der Waals surface area contributed by atoms with Crippen LogP contribution >= 0.6 is 11.3 Å². The molecule has 1 aromatic carbocycles. The van der Waals surface area contributed by atoms with Crippen LogP contribution in [0.4, 0.5) is 8.78 Å². The minimum atomic E-state index is -0.890. The van der Waals surface area contributed by atoms with Gasteiger partial charge < -0.3 is 4.74 Å². The van der Waals surface area contributed by atoms with Crippen LogP contribution in [-0.2, 0) is 11.3 Å². The summed E-state index contributed by atoms with van der Waals surface area (Å²) in [6.07, 6.45) is 0. The summed E-state index contributed by atoms with van der Waals surface area (Å²) < 4.78 is 32.2. The molecule has 23 heavy (non-hydrogen) atoms. The fourth-order valence-corrected chi connectivity index (χ4v) is 2.76. The van der Waals surface area contributed by atoms with Crippen LogP contribution in [0.1, 0.15) is 21.1 Å². The molecule has 0 aliphatic rings. The van der Waals surface area contributed by atoms with Gasteiger partial charge in [0.05, 0.1) is 5.56 Å². The number of esters is 1. The number of nitrogens with zero attached hydrogens (tertiary/aromatic N) is 3. The molecule has 3 aromatic rings. The van der Waals surface area contributed by atoms with Gasteiger partial charge in [0.25, 0.3) is 5.56 Å². The van der Waals surface area contributed by atoms with Crippen molar-refractivity contribution >= 4 is 22.3 Å². The van der Waals surface area contributed by atoms with Crippen molar-refractivity contribution in [2.24, 2.45) is 0 Å². The van der Waals surface area contributed by atoms with E-state index in [0.29, 0.717) is 21.7 Å². The molecule has 3 rings (SSSR count). The number of ether oxygens (including phenoxy) is 1. The summed E-state index contributed by atoms with van der Waals surface area (Å²) in [6, 6.07) is 3.74. The number of aromatic nitrogens is 3. The molecular formula is C14H9F2N3O3S. The smallest absolute Gasteiger partial charge is 0.338 e. The Balaban J connectivity index is 1.79. The van der Waals surface area contributed by atoms with Crippen molar-refractivity contribution in [3.63, 3.8) is 0 Å². The summed E-state index contributed by atoms with van der Waals surface area (Å²) in [5.74, 6) is -2.63. The van der Waals surface area contributed by atoms with E-state index in [1.807, 2.05) is 0 Å². The molecule has 0 amide bonds. The van der Waals surface area contributed by atoms with E-state index >= 15 is 0 Å². The van der Waals surface area contributed by atoms with Crippen molar-refractivity contribution in [3.05, 3.63) is 62.5 Å². The predicted molar refractivity (Wildman–Crippen MR) is 77.3 cm³/mol. The van der Waals surface area contributed by atoms with Crippen LogP contribution in [0, 0.1) is 18.6 Å². The Kier molecular flexibility index (Phi) is 3.87. The van der Waals surface area contributed by atoms with Crippen molar-refractivity contribution in [1.82, 2.24) is 14.6 Å². The van der Waals surface area contributed by atoms with Gasteiger partial charge >= 0.3 is 5.97 Å². The summed E-state index contributed by atoms with van der Waals surface area (Å²) in [7, 11) is 0. The normalized spacial score (nSPS) is 10.9. The molecule has 6 nitrogen and oxygen atoms in total. The molecule has 0 N–H and O–H groups in total. The van der Waals surface area contributed by atoms with Gasteiger partial charge in [0.2, 0.25) is 4.96 Å². The number of carbonyl (C=O) groups excluding carboxylic acids is 1. The molecular weight excluding hydrogens is 328 g/mol. The summed E-state index contributed by atoms with van der Waals surface area (Å²) in [5.41, 5.74) is -0.0271. The van der Waals surface area contributed by atoms with Crippen LogP contribution in [0.5, 0.6) is 0 Å². The lowest BCUT2D eigenvalue weighted by molar-refractivity contribution is 0.0470. The maximum atomic E-state index is 13.1. The maximum absolute atomic E-state index is 13.1. The van der Waals surface area contributed by atoms with Crippen LogP contribution in [0.2, 0.25) is 0 Å². The molecule has 0 atom stereocenters. The van der Waals surface area contributed by atoms with Crippen molar-refractivity contribution in [1.29, 1.82) is 0 Å². The van der Waals surface area contributed by atoms with Gasteiger partial charge in [0, 0.05) is 17.8 Å². The van der Waals surface area contributed by atoms with E-state index in [2.05, 4.69) is 10.1 Å². The first-order valence-corrected chi connectivity index (χ1v) is 7.23. The van der Waals surface area contributed by atoms with Gasteiger partial charge in [-0.3, -0.25) is 4.79 Å². The molecule has 0 bridgehead atoms. The average Bonchev–Trinajstić information content (AvgIpc) is 2.87. The van der Waals surface area contributed by atoms with Gasteiger partial charge in [0.1, 0.15) is 18.2 Å². The van der Waals surface area contributed by atoms with Crippen LogP contribution in [0.15, 0.2) is 29.1 Å². The largest absolute Gasteiger partial charge is 0.455 e. The molecule has 0 saturated carbocycles. The molecule has 0 spiro atoms. The second-order valence-electron chi connectivity index (χ2n) is 4.66. The lowest BCUT2D eigenvalue weighted by atomic mass is 10.2. The number of halogens is 2. The summed E-state index contributed by atoms with van der Waals surface area (Å²) >= 11 is 1.08. The van der Waals surface area contributed by atoms with Crippen molar-refractivity contribution in [2.45, 2.75) is 13.5 Å². The quantitative estimate of drug-likeness (QED) is 0.684. The van der Waals surface area contributed by atoms with Crippen LogP contribution in [0.3, 0.4) is 0 Å². The first kappa shape index (κ1) is 15.2. The van der Waals surface area contributed by atoms with E-state index in [0.717, 1.165) is 28.0 Å². The maximum Gasteiger partial charge on any atom is 0.338 e. The fraction of sp³-hybridized carbons (Fsp3) is 0.143. The van der Waals surface area contributed by atoms with E-state index < -0.39 is 17.6 Å². The SMILES string of the molecule is Cc1cc(=O)n2nc(COC(=O)c3cc(F)cc(F)c3)sc2n1. The molecule has 0 aliphatic heterocycles. The lowest BCUT2D eigenvalue weighted by Gasteiger charge is -2.02. The minimum absolute atomic E-state index is 0.233. The van der Waals surface area contributed by atoms with Crippen molar-refractivity contribution in [3.8, 4) is 0 Å². The Morgan fingerprint density at radius 1 is 1.26 bits per heavy atom. The highest BCUT2D eigenvalue weighted by Gasteiger charge is 2.13. The Hall–Kier alpha value is -2.68. The van der Waals surface area contributed by atoms with E-state index in [9.17, 15) is 18.4 Å². The zero-order valence-corrected chi connectivity index (χ0v) is 12.6. The van der Waals surface area contributed by atoms with E-state index in [4.69, 9.17) is 4.74 Å². The average molecular weight is 337 g/mol. The van der Waals surface area contributed by atoms with Gasteiger partial charge in [-0.1, -0.05) is 11.3 Å². The molecule has 9 heteroatoms. The molecule has 0 fully saturated rings. The Morgan fingerprint density at radius 2 is 1.96 bits per heavy atom. The third-order valence-electron chi connectivity index (χ3n) is 2.84. The third kappa shape index (κ3) is 3.24. The molecule has 118 valence electrons. The Morgan fingerprint density at radius 3 is 2.65 bits per heavy atom. The van der Waals surface area contributed by atoms with Gasteiger partial charge in [-0.25, -0.2) is 18.6 Å². The van der Waals surface area contributed by atoms with Gasteiger partial charge in [-0.2, -0.15) is 9.61 Å². The molecule has 0 aliphatic carbocycles. The molecule has 0 saturated heterocycles. The van der Waals surface area contributed by atoms with Crippen molar-refractivity contribution in [2.75, 3.05) is 0 Å². The first-order chi connectivity index (χ1) is 10.9. The highest BCUT2D eigenvalue weighted by Crippen LogP contribution is 2.14. The second kappa shape index (κ2) is 5.84. The first-order valence-electron chi connectivity index (χ1n) is 6.42. The third-order valence-corrected chi connectivity index (χ3v) is 3.72. The Bertz CT molecular complexity index is 947. The van der Waals surface area contributed by atoms with E-state index in [-0.39, 0.29) is 17.7 Å². The van der Waals surface area contributed by atoms with Crippen LogP contribution in [-0.4, -0.2) is 20.6 Å². The minimum Gasteiger partial charge on any atom is -0.455 e. The monoisotopic (exact) mass is 337 g/mol. The van der Waals surface area contributed by atoms with E-state index in [1.54, 1.807) is 6.92 Å². The van der Waals surface area contributed by atoms with Gasteiger partial charge in [0.15, 0.2) is 5.01 Å². The number of hydrogen-bond acceptors (Lipinski definition) is 6. The molecule has 2 heterocycles. The number of carbonyl (C=O) groups is 1. The highest BCUT2D eigenvalue weighted by atomic mass is 32.1. The number of rotatable bonds is 3. The van der Waals surface area contributed by atoms with Gasteiger partial charge in [-0.15, -0.1) is 0 Å². The van der Waals surface area contributed by atoms with Crippen LogP contribution < -0.4 is 5.56 Å². The molecule has 0 radical (unpaired) electrons. The number of aryl methyl sites for hydroxylation is 1. The second-order valence-corrected chi connectivity index (χ2v) is 5.70.